The fraction of sp³-hybridized carbons (Fsp3) is 0.438. The molecule has 0 radical (unpaired) electrons. The number of esters is 1. The summed E-state index contributed by atoms with van der Waals surface area (Å²) in [5.74, 6) is -0.468. The normalized spacial score (nSPS) is 10.6. The van der Waals surface area contributed by atoms with Gasteiger partial charge in [-0.1, -0.05) is 6.07 Å². The fourth-order valence-corrected chi connectivity index (χ4v) is 3.52. The first-order valence-corrected chi connectivity index (χ1v) is 9.34. The van der Waals surface area contributed by atoms with E-state index in [1.54, 1.807) is 24.3 Å². The van der Waals surface area contributed by atoms with Crippen molar-refractivity contribution >= 4 is 34.6 Å². The third-order valence-electron chi connectivity index (χ3n) is 3.16. The Balaban J connectivity index is 2.07. The van der Waals surface area contributed by atoms with Crippen molar-refractivity contribution in [2.75, 3.05) is 26.9 Å². The minimum Gasteiger partial charge on any atom is -0.461 e. The van der Waals surface area contributed by atoms with E-state index in [0.717, 1.165) is 6.42 Å². The molecule has 0 aliphatic heterocycles. The van der Waals surface area contributed by atoms with Crippen molar-refractivity contribution in [3.8, 4) is 0 Å². The highest BCUT2D eigenvalue weighted by molar-refractivity contribution is 7.12. The van der Waals surface area contributed by atoms with Gasteiger partial charge in [0, 0.05) is 25.6 Å². The van der Waals surface area contributed by atoms with Gasteiger partial charge in [-0.2, -0.15) is 0 Å². The largest absolute Gasteiger partial charge is 0.461 e. The average molecular weight is 368 g/mol. The van der Waals surface area contributed by atoms with Gasteiger partial charge in [-0.15, -0.1) is 22.7 Å². The van der Waals surface area contributed by atoms with Gasteiger partial charge in [0.2, 0.25) is 0 Å². The van der Waals surface area contributed by atoms with E-state index in [1.807, 2.05) is 17.5 Å². The van der Waals surface area contributed by atoms with Crippen LogP contribution < -0.4 is 0 Å². The topological polar surface area (TPSA) is 68.7 Å². The predicted molar refractivity (Wildman–Crippen MR) is 93.6 cm³/mol. The number of nitrogens with zero attached hydrogens (tertiary/aromatic N) is 2. The van der Waals surface area contributed by atoms with E-state index < -0.39 is 5.97 Å². The Morgan fingerprint density at radius 2 is 2.17 bits per heavy atom. The number of thiazole rings is 1. The molecule has 0 saturated carbocycles. The van der Waals surface area contributed by atoms with E-state index in [4.69, 9.17) is 9.47 Å². The number of thiophene rings is 1. The predicted octanol–water partition coefficient (Wildman–Crippen LogP) is 3.06. The second-order valence-corrected chi connectivity index (χ2v) is 6.79. The minimum absolute atomic E-state index is 0.0333. The van der Waals surface area contributed by atoms with Crippen molar-refractivity contribution in [3.05, 3.63) is 38.5 Å². The van der Waals surface area contributed by atoms with Crippen molar-refractivity contribution in [1.29, 1.82) is 0 Å². The molecule has 0 unspecified atom stereocenters. The average Bonchev–Trinajstić information content (AvgIpc) is 3.25. The Kier molecular flexibility index (Phi) is 7.36. The summed E-state index contributed by atoms with van der Waals surface area (Å²) in [6.07, 6.45) is 0.740. The number of ether oxygens (including phenoxy) is 2. The first-order chi connectivity index (χ1) is 11.7. The fourth-order valence-electron chi connectivity index (χ4n) is 2.05. The van der Waals surface area contributed by atoms with Crippen LogP contribution in [-0.4, -0.2) is 48.6 Å². The summed E-state index contributed by atoms with van der Waals surface area (Å²) in [5, 5.41) is 4.25. The maximum atomic E-state index is 12.6. The minimum atomic E-state index is -0.435. The summed E-state index contributed by atoms with van der Waals surface area (Å²) in [6.45, 7) is 3.58. The Morgan fingerprint density at radius 3 is 2.83 bits per heavy atom. The molecule has 2 aromatic rings. The summed E-state index contributed by atoms with van der Waals surface area (Å²) in [4.78, 5) is 31.0. The smallest absolute Gasteiger partial charge is 0.357 e. The van der Waals surface area contributed by atoms with Crippen LogP contribution in [0, 0.1) is 0 Å². The van der Waals surface area contributed by atoms with Gasteiger partial charge in [0.15, 0.2) is 5.69 Å². The van der Waals surface area contributed by atoms with Gasteiger partial charge in [-0.25, -0.2) is 9.78 Å². The number of methoxy groups -OCH3 is 1. The molecule has 0 aliphatic rings. The monoisotopic (exact) mass is 368 g/mol. The SMILES string of the molecule is CCOC(=O)c1csc(CN(CCCOC)C(=O)c2cccs2)n1. The Labute approximate surface area is 149 Å². The zero-order valence-electron chi connectivity index (χ0n) is 13.7. The van der Waals surface area contributed by atoms with Crippen molar-refractivity contribution in [2.24, 2.45) is 0 Å². The summed E-state index contributed by atoms with van der Waals surface area (Å²) >= 11 is 2.76. The number of hydrogen-bond acceptors (Lipinski definition) is 7. The van der Waals surface area contributed by atoms with E-state index >= 15 is 0 Å². The van der Waals surface area contributed by atoms with Crippen LogP contribution >= 0.6 is 22.7 Å². The standard InChI is InChI=1S/C16H20N2O4S2/c1-3-22-16(20)12-11-24-14(17-12)10-18(7-5-8-21-2)15(19)13-6-4-9-23-13/h4,6,9,11H,3,5,7-8,10H2,1-2H3. The second-order valence-electron chi connectivity index (χ2n) is 4.90. The Bertz CT molecular complexity index is 655. The highest BCUT2D eigenvalue weighted by Crippen LogP contribution is 2.18. The molecular weight excluding hydrogens is 348 g/mol. The lowest BCUT2D eigenvalue weighted by Crippen LogP contribution is -2.31. The quantitative estimate of drug-likeness (QED) is 0.503. The van der Waals surface area contributed by atoms with Gasteiger partial charge in [-0.05, 0) is 24.8 Å². The molecule has 24 heavy (non-hydrogen) atoms. The first-order valence-electron chi connectivity index (χ1n) is 7.59. The highest BCUT2D eigenvalue weighted by atomic mass is 32.1. The summed E-state index contributed by atoms with van der Waals surface area (Å²) in [5.41, 5.74) is 0.289. The van der Waals surface area contributed by atoms with Crippen LogP contribution in [0.15, 0.2) is 22.9 Å². The number of amides is 1. The lowest BCUT2D eigenvalue weighted by molar-refractivity contribution is 0.0520. The van der Waals surface area contributed by atoms with Gasteiger partial charge >= 0.3 is 5.97 Å². The lowest BCUT2D eigenvalue weighted by atomic mass is 10.3. The van der Waals surface area contributed by atoms with Gasteiger partial charge in [0.25, 0.3) is 5.91 Å². The molecular formula is C16H20N2O4S2. The number of aromatic nitrogens is 1. The molecule has 0 fully saturated rings. The molecule has 1 amide bonds. The lowest BCUT2D eigenvalue weighted by Gasteiger charge is -2.20. The summed E-state index contributed by atoms with van der Waals surface area (Å²) in [6, 6.07) is 3.66. The third-order valence-corrected chi connectivity index (χ3v) is 4.85. The van der Waals surface area contributed by atoms with E-state index in [1.165, 1.54) is 22.7 Å². The van der Waals surface area contributed by atoms with E-state index in [2.05, 4.69) is 4.98 Å². The number of hydrogen-bond donors (Lipinski definition) is 0. The van der Waals surface area contributed by atoms with Gasteiger partial charge < -0.3 is 14.4 Å². The molecule has 0 saturated heterocycles. The molecule has 130 valence electrons. The number of carbonyl (C=O) groups excluding carboxylic acids is 2. The molecule has 2 rings (SSSR count). The molecule has 0 aliphatic carbocycles. The molecule has 0 atom stereocenters. The Hall–Kier alpha value is -1.77. The van der Waals surface area contributed by atoms with E-state index in [-0.39, 0.29) is 11.6 Å². The van der Waals surface area contributed by atoms with E-state index in [0.29, 0.717) is 36.2 Å². The van der Waals surface area contributed by atoms with Gasteiger partial charge in [0.1, 0.15) is 5.01 Å². The Morgan fingerprint density at radius 1 is 1.33 bits per heavy atom. The second kappa shape index (κ2) is 9.51. The van der Waals surface area contributed by atoms with Crippen molar-refractivity contribution in [3.63, 3.8) is 0 Å². The highest BCUT2D eigenvalue weighted by Gasteiger charge is 2.19. The van der Waals surface area contributed by atoms with E-state index in [9.17, 15) is 9.59 Å². The van der Waals surface area contributed by atoms with Crippen LogP contribution in [0.3, 0.4) is 0 Å². The molecule has 2 heterocycles. The number of rotatable bonds is 9. The van der Waals surface area contributed by atoms with Crippen LogP contribution in [0.5, 0.6) is 0 Å². The van der Waals surface area contributed by atoms with Gasteiger partial charge in [-0.3, -0.25) is 4.79 Å². The van der Waals surface area contributed by atoms with Crippen LogP contribution in [-0.2, 0) is 16.0 Å². The van der Waals surface area contributed by atoms with Gasteiger partial charge in [0.05, 0.1) is 18.0 Å². The van der Waals surface area contributed by atoms with Crippen LogP contribution in [0.2, 0.25) is 0 Å². The van der Waals surface area contributed by atoms with Crippen molar-refractivity contribution in [1.82, 2.24) is 9.88 Å². The maximum absolute atomic E-state index is 12.6. The number of carbonyl (C=O) groups is 2. The van der Waals surface area contributed by atoms with Crippen LogP contribution in [0.4, 0.5) is 0 Å². The van der Waals surface area contributed by atoms with Crippen molar-refractivity contribution < 1.29 is 19.1 Å². The third kappa shape index (κ3) is 5.12. The van der Waals surface area contributed by atoms with Crippen molar-refractivity contribution in [2.45, 2.75) is 19.9 Å². The molecule has 6 nitrogen and oxygen atoms in total. The van der Waals surface area contributed by atoms with Crippen LogP contribution in [0.1, 0.15) is 38.5 Å². The van der Waals surface area contributed by atoms with Crippen LogP contribution in [0.25, 0.3) is 0 Å². The summed E-state index contributed by atoms with van der Waals surface area (Å²) in [7, 11) is 1.64. The molecule has 0 bridgehead atoms. The molecule has 2 aromatic heterocycles. The molecule has 0 N–H and O–H groups in total. The molecule has 0 spiro atoms. The summed E-state index contributed by atoms with van der Waals surface area (Å²) < 4.78 is 10.0. The molecule has 8 heteroatoms. The zero-order chi connectivity index (χ0) is 17.4. The first kappa shape index (κ1) is 18.6. The molecule has 0 aromatic carbocycles. The maximum Gasteiger partial charge on any atom is 0.357 e. The zero-order valence-corrected chi connectivity index (χ0v) is 15.3.